The number of ether oxygens (including phenoxy) is 1. The van der Waals surface area contributed by atoms with Crippen LogP contribution in [0.1, 0.15) is 69.8 Å². The molecule has 0 aliphatic heterocycles. The maximum absolute atomic E-state index is 14.9. The van der Waals surface area contributed by atoms with Crippen LogP contribution in [0.15, 0.2) is 54.6 Å². The van der Waals surface area contributed by atoms with Gasteiger partial charge in [-0.25, -0.2) is 13.2 Å². The first-order chi connectivity index (χ1) is 17.6. The molecule has 7 heteroatoms. The number of benzene rings is 3. The summed E-state index contributed by atoms with van der Waals surface area (Å²) in [5, 5.41) is 0. The van der Waals surface area contributed by atoms with Crippen molar-refractivity contribution in [2.24, 2.45) is 5.92 Å². The van der Waals surface area contributed by atoms with Crippen molar-refractivity contribution in [1.82, 2.24) is 0 Å². The van der Waals surface area contributed by atoms with Gasteiger partial charge in [0, 0.05) is 0 Å². The Morgan fingerprint density at radius 1 is 0.730 bits per heavy atom. The van der Waals surface area contributed by atoms with Crippen LogP contribution in [0.25, 0.3) is 22.3 Å². The average Bonchev–Trinajstić information content (AvgIpc) is 2.85. The van der Waals surface area contributed by atoms with Gasteiger partial charge in [-0.05, 0) is 84.0 Å². The zero-order valence-corrected chi connectivity index (χ0v) is 20.7. The van der Waals surface area contributed by atoms with Crippen LogP contribution >= 0.6 is 0 Å². The second-order valence-corrected chi connectivity index (χ2v) is 9.84. The summed E-state index contributed by atoms with van der Waals surface area (Å²) >= 11 is 0. The molecular weight excluding hydrogens is 490 g/mol. The molecule has 198 valence electrons. The molecule has 1 saturated carbocycles. The Hall–Kier alpha value is -2.96. The zero-order chi connectivity index (χ0) is 26.6. The van der Waals surface area contributed by atoms with Gasteiger partial charge in [0.15, 0.2) is 11.6 Å². The van der Waals surface area contributed by atoms with E-state index in [-0.39, 0.29) is 5.56 Å². The van der Waals surface area contributed by atoms with Crippen LogP contribution in [-0.4, -0.2) is 6.36 Å². The summed E-state index contributed by atoms with van der Waals surface area (Å²) < 4.78 is 84.6. The van der Waals surface area contributed by atoms with Crippen molar-refractivity contribution in [3.63, 3.8) is 0 Å². The highest BCUT2D eigenvalue weighted by atomic mass is 19.4. The van der Waals surface area contributed by atoms with Gasteiger partial charge < -0.3 is 4.74 Å². The van der Waals surface area contributed by atoms with Gasteiger partial charge in [-0.3, -0.25) is 0 Å². The van der Waals surface area contributed by atoms with E-state index in [4.69, 9.17) is 0 Å². The van der Waals surface area contributed by atoms with E-state index < -0.39 is 35.1 Å². The number of rotatable bonds is 8. The average molecular weight is 521 g/mol. The molecule has 0 N–H and O–H groups in total. The van der Waals surface area contributed by atoms with E-state index in [0.717, 1.165) is 37.0 Å². The lowest BCUT2D eigenvalue weighted by Gasteiger charge is -2.29. The molecule has 0 aromatic heterocycles. The third-order valence-electron chi connectivity index (χ3n) is 7.27. The van der Waals surface area contributed by atoms with Gasteiger partial charge in [-0.2, -0.15) is 0 Å². The second kappa shape index (κ2) is 11.6. The Labute approximate surface area is 213 Å². The Morgan fingerprint density at radius 2 is 1.32 bits per heavy atom. The maximum atomic E-state index is 14.9. The van der Waals surface area contributed by atoms with Gasteiger partial charge in [0.25, 0.3) is 0 Å². The van der Waals surface area contributed by atoms with Crippen molar-refractivity contribution in [2.75, 3.05) is 0 Å². The van der Waals surface area contributed by atoms with E-state index in [0.29, 0.717) is 29.2 Å². The molecule has 3 aromatic rings. The monoisotopic (exact) mass is 520 g/mol. The van der Waals surface area contributed by atoms with Crippen LogP contribution in [0, 0.1) is 23.4 Å². The number of halogens is 6. The van der Waals surface area contributed by atoms with Gasteiger partial charge in [0.1, 0.15) is 11.6 Å². The van der Waals surface area contributed by atoms with E-state index in [1.165, 1.54) is 44.1 Å². The summed E-state index contributed by atoms with van der Waals surface area (Å²) in [6.07, 6.45) is 4.84. The van der Waals surface area contributed by atoms with Crippen LogP contribution in [0.4, 0.5) is 26.3 Å². The van der Waals surface area contributed by atoms with Gasteiger partial charge in [0.2, 0.25) is 0 Å². The molecule has 0 bridgehead atoms. The van der Waals surface area contributed by atoms with E-state index in [9.17, 15) is 26.3 Å². The summed E-state index contributed by atoms with van der Waals surface area (Å²) in [6, 6.07) is 12.3. The highest BCUT2D eigenvalue weighted by molar-refractivity contribution is 5.72. The van der Waals surface area contributed by atoms with Crippen LogP contribution in [0.5, 0.6) is 5.75 Å². The molecule has 0 atom stereocenters. The quantitative estimate of drug-likeness (QED) is 0.212. The molecular formula is C30H30F6O. The molecule has 37 heavy (non-hydrogen) atoms. The molecule has 0 unspecified atom stereocenters. The molecule has 1 aliphatic carbocycles. The van der Waals surface area contributed by atoms with E-state index in [1.807, 2.05) is 24.3 Å². The van der Waals surface area contributed by atoms with Crippen LogP contribution in [0.3, 0.4) is 0 Å². The highest BCUT2D eigenvalue weighted by Gasteiger charge is 2.32. The summed E-state index contributed by atoms with van der Waals surface area (Å²) in [7, 11) is 0. The standard InChI is InChI=1S/C30H30F6O/c1-2-3-4-5-19-6-8-20(9-7-19)21-10-12-22(13-11-21)24-17-26(32)29(27(33)18-24)23-14-15-28(25(31)16-23)37-30(34,35)36/h10-20H,2-9H2,1H3. The number of unbranched alkanes of at least 4 members (excludes halogenated alkanes) is 2. The lowest BCUT2D eigenvalue weighted by molar-refractivity contribution is -0.275. The fraction of sp³-hybridized carbons (Fsp3) is 0.400. The Kier molecular flexibility index (Phi) is 8.50. The van der Waals surface area contributed by atoms with Crippen molar-refractivity contribution < 1.29 is 31.1 Å². The largest absolute Gasteiger partial charge is 0.573 e. The molecule has 1 aliphatic rings. The maximum Gasteiger partial charge on any atom is 0.573 e. The summed E-state index contributed by atoms with van der Waals surface area (Å²) in [4.78, 5) is 0. The topological polar surface area (TPSA) is 9.23 Å². The number of alkyl halides is 3. The lowest BCUT2D eigenvalue weighted by Crippen LogP contribution is -2.17. The molecule has 0 amide bonds. The third-order valence-corrected chi connectivity index (χ3v) is 7.27. The first-order valence-corrected chi connectivity index (χ1v) is 12.8. The molecule has 1 fully saturated rings. The van der Waals surface area contributed by atoms with Gasteiger partial charge in [-0.1, -0.05) is 62.9 Å². The predicted molar refractivity (Wildman–Crippen MR) is 133 cm³/mol. The van der Waals surface area contributed by atoms with Gasteiger partial charge in [0.05, 0.1) is 5.56 Å². The molecule has 0 radical (unpaired) electrons. The molecule has 4 rings (SSSR count). The minimum Gasteiger partial charge on any atom is -0.403 e. The minimum atomic E-state index is -5.08. The van der Waals surface area contributed by atoms with E-state index >= 15 is 0 Å². The van der Waals surface area contributed by atoms with Crippen LogP contribution < -0.4 is 4.74 Å². The van der Waals surface area contributed by atoms with Crippen molar-refractivity contribution in [3.05, 3.63) is 77.6 Å². The summed E-state index contributed by atoms with van der Waals surface area (Å²) in [5.74, 6) is -3.02. The van der Waals surface area contributed by atoms with Crippen molar-refractivity contribution in [2.45, 2.75) is 70.6 Å². The zero-order valence-electron chi connectivity index (χ0n) is 20.7. The van der Waals surface area contributed by atoms with Crippen LogP contribution in [-0.2, 0) is 0 Å². The fourth-order valence-corrected chi connectivity index (χ4v) is 5.29. The predicted octanol–water partition coefficient (Wildman–Crippen LogP) is 10.2. The van der Waals surface area contributed by atoms with Gasteiger partial charge >= 0.3 is 6.36 Å². The summed E-state index contributed by atoms with van der Waals surface area (Å²) in [5.41, 5.74) is 1.44. The van der Waals surface area contributed by atoms with Gasteiger partial charge in [-0.15, -0.1) is 13.2 Å². The van der Waals surface area contributed by atoms with E-state index in [2.05, 4.69) is 11.7 Å². The van der Waals surface area contributed by atoms with Crippen molar-refractivity contribution in [1.29, 1.82) is 0 Å². The highest BCUT2D eigenvalue weighted by Crippen LogP contribution is 2.39. The Morgan fingerprint density at radius 3 is 1.89 bits per heavy atom. The first kappa shape index (κ1) is 27.1. The summed E-state index contributed by atoms with van der Waals surface area (Å²) in [6.45, 7) is 2.22. The first-order valence-electron chi connectivity index (χ1n) is 12.8. The van der Waals surface area contributed by atoms with Crippen LogP contribution in [0.2, 0.25) is 0 Å². The van der Waals surface area contributed by atoms with Crippen molar-refractivity contribution >= 4 is 0 Å². The lowest BCUT2D eigenvalue weighted by atomic mass is 9.77. The molecule has 3 aromatic carbocycles. The fourth-order valence-electron chi connectivity index (χ4n) is 5.29. The number of hydrogen-bond acceptors (Lipinski definition) is 1. The Balaban J connectivity index is 1.46. The third kappa shape index (κ3) is 6.88. The molecule has 0 heterocycles. The minimum absolute atomic E-state index is 0.228. The smallest absolute Gasteiger partial charge is 0.403 e. The molecule has 1 nitrogen and oxygen atoms in total. The van der Waals surface area contributed by atoms with Crippen molar-refractivity contribution in [3.8, 4) is 28.0 Å². The molecule has 0 spiro atoms. The normalized spacial score (nSPS) is 18.1. The Bertz CT molecular complexity index is 1170. The number of hydrogen-bond donors (Lipinski definition) is 0. The molecule has 0 saturated heterocycles. The van der Waals surface area contributed by atoms with E-state index in [1.54, 1.807) is 0 Å². The second-order valence-electron chi connectivity index (χ2n) is 9.84. The SMILES string of the molecule is CCCCCC1CCC(c2ccc(-c3cc(F)c(-c4ccc(OC(F)(F)F)c(F)c4)c(F)c3)cc2)CC1.